The molecule has 0 N–H and O–H groups in total. The van der Waals surface area contributed by atoms with Gasteiger partial charge in [0.15, 0.2) is 15.6 Å². The highest BCUT2D eigenvalue weighted by Gasteiger charge is 2.41. The predicted molar refractivity (Wildman–Crippen MR) is 80.5 cm³/mol. The Morgan fingerprint density at radius 1 is 1.20 bits per heavy atom. The Hall–Kier alpha value is -1.08. The van der Waals surface area contributed by atoms with Crippen molar-refractivity contribution < 1.29 is 22.7 Å². The third-order valence-corrected chi connectivity index (χ3v) is 5.85. The van der Waals surface area contributed by atoms with Gasteiger partial charge in [0.05, 0.1) is 19.8 Å². The lowest BCUT2D eigenvalue weighted by atomic mass is 9.99. The van der Waals surface area contributed by atoms with Gasteiger partial charge in [-0.2, -0.15) is 0 Å². The Balaban J connectivity index is 3.52. The summed E-state index contributed by atoms with van der Waals surface area (Å²) in [7, 11) is -0.667. The number of Topliss-reactive ketones (excluding diaryl/α,β-unsaturated/α-hetero) is 1. The fourth-order valence-electron chi connectivity index (χ4n) is 1.53. The monoisotopic (exact) mass is 364 g/mol. The first-order valence-corrected chi connectivity index (χ1v) is 8.40. The second-order valence-electron chi connectivity index (χ2n) is 4.80. The van der Waals surface area contributed by atoms with Crippen LogP contribution in [0.3, 0.4) is 0 Å². The number of halogens is 1. The Kier molecular flexibility index (Phi) is 4.86. The van der Waals surface area contributed by atoms with Crippen LogP contribution >= 0.6 is 15.9 Å². The van der Waals surface area contributed by atoms with Crippen LogP contribution in [0.2, 0.25) is 0 Å². The third kappa shape index (κ3) is 2.98. The average Bonchev–Trinajstić information content (AvgIpc) is 2.35. The number of methoxy groups -OCH3 is 2. The SMILES string of the molecule is COc1cc(Br)c(C(=O)C(C)(C)S(C)(=O)=O)c(OC)c1. The van der Waals surface area contributed by atoms with Crippen LogP contribution in [0.15, 0.2) is 16.6 Å². The van der Waals surface area contributed by atoms with Gasteiger partial charge in [0, 0.05) is 16.8 Å². The van der Waals surface area contributed by atoms with Gasteiger partial charge < -0.3 is 9.47 Å². The van der Waals surface area contributed by atoms with Gasteiger partial charge in [-0.25, -0.2) is 8.42 Å². The van der Waals surface area contributed by atoms with Crippen molar-refractivity contribution in [1.82, 2.24) is 0 Å². The number of rotatable bonds is 5. The zero-order valence-electron chi connectivity index (χ0n) is 12.0. The lowest BCUT2D eigenvalue weighted by Gasteiger charge is -2.23. The lowest BCUT2D eigenvalue weighted by Crippen LogP contribution is -2.40. The van der Waals surface area contributed by atoms with Gasteiger partial charge in [-0.3, -0.25) is 4.79 Å². The molecule has 0 saturated heterocycles. The average molecular weight is 365 g/mol. The van der Waals surface area contributed by atoms with Crippen LogP contribution in [0.5, 0.6) is 11.5 Å². The zero-order chi connectivity index (χ0) is 15.7. The summed E-state index contributed by atoms with van der Waals surface area (Å²) < 4.78 is 32.7. The molecule has 0 unspecified atom stereocenters. The molecule has 0 amide bonds. The molecule has 0 aromatic heterocycles. The van der Waals surface area contributed by atoms with E-state index in [1.54, 1.807) is 6.07 Å². The number of carbonyl (C=O) groups is 1. The largest absolute Gasteiger partial charge is 0.497 e. The molecule has 0 saturated carbocycles. The molecule has 0 bridgehead atoms. The number of benzene rings is 1. The van der Waals surface area contributed by atoms with Crippen molar-refractivity contribution in [3.05, 3.63) is 22.2 Å². The highest BCUT2D eigenvalue weighted by molar-refractivity contribution is 9.10. The summed E-state index contributed by atoms with van der Waals surface area (Å²) in [6.45, 7) is 2.75. The van der Waals surface area contributed by atoms with Crippen LogP contribution in [0, 0.1) is 0 Å². The predicted octanol–water partition coefficient (Wildman–Crippen LogP) is 2.47. The number of ketones is 1. The Bertz CT molecular complexity index is 634. The Labute approximate surface area is 127 Å². The molecule has 7 heteroatoms. The van der Waals surface area contributed by atoms with Crippen molar-refractivity contribution in [2.75, 3.05) is 20.5 Å². The molecule has 0 aliphatic rings. The number of sulfone groups is 1. The summed E-state index contributed by atoms with van der Waals surface area (Å²) in [5.74, 6) is 0.228. The first kappa shape index (κ1) is 17.0. The summed E-state index contributed by atoms with van der Waals surface area (Å²) in [6, 6.07) is 3.13. The van der Waals surface area contributed by atoms with E-state index in [1.807, 2.05) is 0 Å². The standard InChI is InChI=1S/C13H17BrO5S/c1-13(2,20(5,16)17)12(15)11-9(14)6-8(18-3)7-10(11)19-4/h6-7H,1-5H3. The first-order valence-electron chi connectivity index (χ1n) is 5.72. The highest BCUT2D eigenvalue weighted by atomic mass is 79.9. The van der Waals surface area contributed by atoms with Gasteiger partial charge >= 0.3 is 0 Å². The third-order valence-electron chi connectivity index (χ3n) is 3.18. The normalized spacial score (nSPS) is 12.1. The van der Waals surface area contributed by atoms with Gasteiger partial charge in [0.25, 0.3) is 0 Å². The van der Waals surface area contributed by atoms with E-state index >= 15 is 0 Å². The lowest BCUT2D eigenvalue weighted by molar-refractivity contribution is 0.0950. The first-order chi connectivity index (χ1) is 9.06. The van der Waals surface area contributed by atoms with E-state index in [1.165, 1.54) is 34.1 Å². The number of carbonyl (C=O) groups excluding carboxylic acids is 1. The second-order valence-corrected chi connectivity index (χ2v) is 8.22. The van der Waals surface area contributed by atoms with E-state index in [4.69, 9.17) is 9.47 Å². The van der Waals surface area contributed by atoms with Crippen LogP contribution in [0.4, 0.5) is 0 Å². The molecule has 1 aromatic rings. The minimum absolute atomic E-state index is 0.184. The maximum Gasteiger partial charge on any atom is 0.188 e. The van der Waals surface area contributed by atoms with E-state index in [-0.39, 0.29) is 11.3 Å². The van der Waals surface area contributed by atoms with E-state index in [0.29, 0.717) is 10.2 Å². The minimum atomic E-state index is -3.56. The molecule has 0 fully saturated rings. The molecule has 112 valence electrons. The van der Waals surface area contributed by atoms with Gasteiger partial charge in [-0.15, -0.1) is 0 Å². The van der Waals surface area contributed by atoms with Crippen molar-refractivity contribution in [1.29, 1.82) is 0 Å². The maximum atomic E-state index is 12.6. The molecular weight excluding hydrogens is 348 g/mol. The molecule has 0 aliphatic heterocycles. The Morgan fingerprint density at radius 3 is 2.15 bits per heavy atom. The molecule has 1 rings (SSSR count). The Morgan fingerprint density at radius 2 is 1.75 bits per heavy atom. The van der Waals surface area contributed by atoms with Crippen LogP contribution in [-0.4, -0.2) is 39.4 Å². The maximum absolute atomic E-state index is 12.6. The molecule has 20 heavy (non-hydrogen) atoms. The molecule has 5 nitrogen and oxygen atoms in total. The van der Waals surface area contributed by atoms with Gasteiger partial charge in [-0.05, 0) is 35.8 Å². The zero-order valence-corrected chi connectivity index (χ0v) is 14.4. The molecule has 0 spiro atoms. The molecular formula is C13H17BrO5S. The number of hydrogen-bond donors (Lipinski definition) is 0. The van der Waals surface area contributed by atoms with Gasteiger partial charge in [0.2, 0.25) is 0 Å². The molecule has 0 atom stereocenters. The summed E-state index contributed by atoms with van der Waals surface area (Å²) in [4.78, 5) is 12.6. The molecule has 1 aromatic carbocycles. The number of ether oxygens (including phenoxy) is 2. The van der Waals surface area contributed by atoms with Gasteiger partial charge in [-0.1, -0.05) is 0 Å². The van der Waals surface area contributed by atoms with E-state index in [2.05, 4.69) is 15.9 Å². The van der Waals surface area contributed by atoms with Gasteiger partial charge in [0.1, 0.15) is 16.2 Å². The van der Waals surface area contributed by atoms with Crippen molar-refractivity contribution in [2.24, 2.45) is 0 Å². The fourth-order valence-corrected chi connectivity index (χ4v) is 2.57. The van der Waals surface area contributed by atoms with E-state index in [9.17, 15) is 13.2 Å². The van der Waals surface area contributed by atoms with Crippen molar-refractivity contribution in [2.45, 2.75) is 18.6 Å². The molecule has 0 heterocycles. The highest BCUT2D eigenvalue weighted by Crippen LogP contribution is 2.36. The van der Waals surface area contributed by atoms with Crippen molar-refractivity contribution in [3.8, 4) is 11.5 Å². The number of hydrogen-bond acceptors (Lipinski definition) is 5. The van der Waals surface area contributed by atoms with Crippen LogP contribution in [-0.2, 0) is 9.84 Å². The topological polar surface area (TPSA) is 69.7 Å². The quantitative estimate of drug-likeness (QED) is 0.750. The van der Waals surface area contributed by atoms with Crippen LogP contribution in [0.1, 0.15) is 24.2 Å². The van der Waals surface area contributed by atoms with Crippen molar-refractivity contribution >= 4 is 31.6 Å². The summed E-state index contributed by atoms with van der Waals surface area (Å²) in [5, 5.41) is 0. The van der Waals surface area contributed by atoms with E-state index in [0.717, 1.165) is 6.26 Å². The van der Waals surface area contributed by atoms with Crippen LogP contribution < -0.4 is 9.47 Å². The van der Waals surface area contributed by atoms with Crippen LogP contribution in [0.25, 0.3) is 0 Å². The molecule has 0 radical (unpaired) electrons. The fraction of sp³-hybridized carbons (Fsp3) is 0.462. The van der Waals surface area contributed by atoms with E-state index < -0.39 is 20.4 Å². The summed E-state index contributed by atoms with van der Waals surface area (Å²) >= 11 is 3.26. The second kappa shape index (κ2) is 5.73. The molecule has 0 aliphatic carbocycles. The smallest absolute Gasteiger partial charge is 0.188 e. The summed E-state index contributed by atoms with van der Waals surface area (Å²) in [6.07, 6.45) is 1.04. The van der Waals surface area contributed by atoms with Crippen molar-refractivity contribution in [3.63, 3.8) is 0 Å². The summed E-state index contributed by atoms with van der Waals surface area (Å²) in [5.41, 5.74) is 0.184. The minimum Gasteiger partial charge on any atom is -0.497 e.